The smallest absolute Gasteiger partial charge is 0.0832 e. The summed E-state index contributed by atoms with van der Waals surface area (Å²) in [5, 5.41) is 0. The Morgan fingerprint density at radius 2 is 2.00 bits per heavy atom. The highest BCUT2D eigenvalue weighted by molar-refractivity contribution is 4.99. The molecule has 1 aliphatic rings. The number of rotatable bonds is 5. The third-order valence-electron chi connectivity index (χ3n) is 3.56. The summed E-state index contributed by atoms with van der Waals surface area (Å²) >= 11 is 0. The lowest BCUT2D eigenvalue weighted by Crippen LogP contribution is -2.51. The molecule has 16 heavy (non-hydrogen) atoms. The first-order valence-electron chi connectivity index (χ1n) is 6.54. The van der Waals surface area contributed by atoms with Gasteiger partial charge in [0.25, 0.3) is 0 Å². The Morgan fingerprint density at radius 3 is 2.56 bits per heavy atom. The summed E-state index contributed by atoms with van der Waals surface area (Å²) in [6.45, 7) is 4.71. The lowest BCUT2D eigenvalue weighted by molar-refractivity contribution is -0.0830. The highest BCUT2D eigenvalue weighted by Gasteiger charge is 2.38. The molecule has 0 aromatic rings. The third kappa shape index (κ3) is 3.50. The van der Waals surface area contributed by atoms with Gasteiger partial charge in [0.15, 0.2) is 0 Å². The molecule has 0 heterocycles. The summed E-state index contributed by atoms with van der Waals surface area (Å²) in [7, 11) is 0. The Labute approximate surface area is 99.9 Å². The van der Waals surface area contributed by atoms with E-state index in [1.807, 2.05) is 6.92 Å². The summed E-state index contributed by atoms with van der Waals surface area (Å²) in [5.41, 5.74) is 6.26. The number of hydrogen-bond donors (Lipinski definition) is 1. The Bertz CT molecular complexity index is 240. The van der Waals surface area contributed by atoms with Crippen LogP contribution in [0.25, 0.3) is 0 Å². The van der Waals surface area contributed by atoms with Crippen molar-refractivity contribution in [1.29, 1.82) is 0 Å². The van der Waals surface area contributed by atoms with Crippen LogP contribution in [0.5, 0.6) is 0 Å². The van der Waals surface area contributed by atoms with Gasteiger partial charge in [-0.1, -0.05) is 19.3 Å². The van der Waals surface area contributed by atoms with Crippen molar-refractivity contribution < 1.29 is 4.74 Å². The van der Waals surface area contributed by atoms with Crippen molar-refractivity contribution in [3.05, 3.63) is 0 Å². The molecule has 0 radical (unpaired) electrons. The lowest BCUT2D eigenvalue weighted by atomic mass is 9.78. The second-order valence-corrected chi connectivity index (χ2v) is 4.63. The van der Waals surface area contributed by atoms with Gasteiger partial charge < -0.3 is 10.5 Å². The Hall–Kier alpha value is -0.520. The fourth-order valence-electron chi connectivity index (χ4n) is 2.68. The van der Waals surface area contributed by atoms with Gasteiger partial charge in [0.05, 0.1) is 5.60 Å². The maximum Gasteiger partial charge on any atom is 0.0832 e. The normalized spacial score (nSPS) is 20.9. The molecule has 1 aliphatic carbocycles. The van der Waals surface area contributed by atoms with E-state index in [0.29, 0.717) is 0 Å². The van der Waals surface area contributed by atoms with Crippen molar-refractivity contribution in [2.75, 3.05) is 6.61 Å². The van der Waals surface area contributed by atoms with Gasteiger partial charge >= 0.3 is 0 Å². The van der Waals surface area contributed by atoms with Gasteiger partial charge in [-0.15, -0.1) is 11.8 Å². The van der Waals surface area contributed by atoms with E-state index in [-0.39, 0.29) is 11.6 Å². The van der Waals surface area contributed by atoms with Crippen LogP contribution in [0, 0.1) is 11.8 Å². The predicted octanol–water partition coefficient (Wildman–Crippen LogP) is 2.86. The molecule has 0 amide bonds. The highest BCUT2D eigenvalue weighted by Crippen LogP contribution is 2.35. The molecule has 0 aliphatic heterocycles. The molecule has 92 valence electrons. The molecule has 1 unspecified atom stereocenters. The van der Waals surface area contributed by atoms with Crippen LogP contribution in [-0.2, 0) is 4.74 Å². The summed E-state index contributed by atoms with van der Waals surface area (Å²) < 4.78 is 5.99. The van der Waals surface area contributed by atoms with Crippen molar-refractivity contribution in [3.8, 4) is 11.8 Å². The summed E-state index contributed by atoms with van der Waals surface area (Å²) in [6.07, 6.45) is 7.95. The molecule has 0 aromatic carbocycles. The molecule has 1 fully saturated rings. The molecule has 1 rings (SSSR count). The predicted molar refractivity (Wildman–Crippen MR) is 68.1 cm³/mol. The second-order valence-electron chi connectivity index (χ2n) is 4.63. The molecule has 1 saturated carbocycles. The summed E-state index contributed by atoms with van der Waals surface area (Å²) in [6, 6.07) is 0.147. The van der Waals surface area contributed by atoms with E-state index in [2.05, 4.69) is 18.8 Å². The fourth-order valence-corrected chi connectivity index (χ4v) is 2.68. The van der Waals surface area contributed by atoms with Crippen LogP contribution in [0.4, 0.5) is 0 Å². The third-order valence-corrected chi connectivity index (χ3v) is 3.56. The van der Waals surface area contributed by atoms with E-state index in [9.17, 15) is 0 Å². The monoisotopic (exact) mass is 223 g/mol. The molecule has 0 bridgehead atoms. The van der Waals surface area contributed by atoms with Crippen molar-refractivity contribution in [1.82, 2.24) is 0 Å². The second kappa shape index (κ2) is 6.93. The molecular formula is C14H25NO. The average molecular weight is 223 g/mol. The Morgan fingerprint density at radius 1 is 1.31 bits per heavy atom. The largest absolute Gasteiger partial charge is 0.374 e. The first kappa shape index (κ1) is 13.5. The van der Waals surface area contributed by atoms with Crippen LogP contribution in [0.1, 0.15) is 58.8 Å². The molecule has 0 spiro atoms. The van der Waals surface area contributed by atoms with Crippen LogP contribution in [0.15, 0.2) is 0 Å². The van der Waals surface area contributed by atoms with Gasteiger partial charge in [-0.25, -0.2) is 0 Å². The first-order valence-corrected chi connectivity index (χ1v) is 6.54. The minimum absolute atomic E-state index is 0.0532. The molecular weight excluding hydrogens is 198 g/mol. The highest BCUT2D eigenvalue weighted by atomic mass is 16.5. The first-order chi connectivity index (χ1) is 7.75. The zero-order valence-corrected chi connectivity index (χ0v) is 10.7. The lowest BCUT2D eigenvalue weighted by Gasteiger charge is -2.41. The van der Waals surface area contributed by atoms with Crippen LogP contribution >= 0.6 is 0 Å². The van der Waals surface area contributed by atoms with Crippen LogP contribution in [-0.4, -0.2) is 18.2 Å². The van der Waals surface area contributed by atoms with Crippen LogP contribution in [0.3, 0.4) is 0 Å². The van der Waals surface area contributed by atoms with Gasteiger partial charge in [-0.05, 0) is 33.1 Å². The summed E-state index contributed by atoms with van der Waals surface area (Å²) in [4.78, 5) is 0. The topological polar surface area (TPSA) is 35.2 Å². The maximum absolute atomic E-state index is 6.32. The SMILES string of the molecule is CC#CCCC(N)C1(OCC)CCCCC1. The van der Waals surface area contributed by atoms with E-state index in [0.717, 1.165) is 32.3 Å². The van der Waals surface area contributed by atoms with Crippen LogP contribution < -0.4 is 5.73 Å². The molecule has 2 nitrogen and oxygen atoms in total. The molecule has 0 saturated heterocycles. The van der Waals surface area contributed by atoms with Gasteiger partial charge in [-0.2, -0.15) is 0 Å². The number of hydrogen-bond acceptors (Lipinski definition) is 2. The van der Waals surface area contributed by atoms with E-state index in [1.54, 1.807) is 0 Å². The van der Waals surface area contributed by atoms with E-state index < -0.39 is 0 Å². The van der Waals surface area contributed by atoms with Gasteiger partial charge in [0, 0.05) is 19.1 Å². The minimum Gasteiger partial charge on any atom is -0.374 e. The Balaban J connectivity index is 2.55. The van der Waals surface area contributed by atoms with Crippen molar-refractivity contribution in [2.24, 2.45) is 5.73 Å². The molecule has 0 aromatic heterocycles. The van der Waals surface area contributed by atoms with Crippen molar-refractivity contribution in [3.63, 3.8) is 0 Å². The van der Waals surface area contributed by atoms with Crippen molar-refractivity contribution in [2.45, 2.75) is 70.4 Å². The Kier molecular flexibility index (Phi) is 5.87. The van der Waals surface area contributed by atoms with Crippen molar-refractivity contribution >= 4 is 0 Å². The molecule has 2 N–H and O–H groups in total. The average Bonchev–Trinajstić information content (AvgIpc) is 2.31. The van der Waals surface area contributed by atoms with Crippen LogP contribution in [0.2, 0.25) is 0 Å². The zero-order chi connectivity index (χ0) is 11.9. The van der Waals surface area contributed by atoms with Gasteiger partial charge in [-0.3, -0.25) is 0 Å². The number of ether oxygens (including phenoxy) is 1. The van der Waals surface area contributed by atoms with E-state index in [1.165, 1.54) is 19.3 Å². The number of nitrogens with two attached hydrogens (primary N) is 1. The standard InChI is InChI=1S/C14H25NO/c1-3-5-7-10-13(15)14(16-4-2)11-8-6-9-12-14/h13H,4,6-12,15H2,1-2H3. The maximum atomic E-state index is 6.32. The van der Waals surface area contributed by atoms with Gasteiger partial charge in [0.2, 0.25) is 0 Å². The van der Waals surface area contributed by atoms with E-state index in [4.69, 9.17) is 10.5 Å². The quantitative estimate of drug-likeness (QED) is 0.727. The molecule has 1 atom stereocenters. The molecule has 2 heteroatoms. The zero-order valence-electron chi connectivity index (χ0n) is 10.7. The fraction of sp³-hybridized carbons (Fsp3) is 0.857. The minimum atomic E-state index is -0.0532. The van der Waals surface area contributed by atoms with Gasteiger partial charge in [0.1, 0.15) is 0 Å². The summed E-state index contributed by atoms with van der Waals surface area (Å²) in [5.74, 6) is 6.02. The van der Waals surface area contributed by atoms with E-state index >= 15 is 0 Å².